The molecule has 1 unspecified atom stereocenters. The number of aldehydes is 1. The standard InChI is InChI=1S/C12H11NO2/c14-7-9-5-13(6-10-8-15-10)12-4-2-1-3-11(9)12/h1-5,7,10H,6,8H2. The summed E-state index contributed by atoms with van der Waals surface area (Å²) in [7, 11) is 0. The minimum atomic E-state index is 0.334. The second-order valence-corrected chi connectivity index (χ2v) is 3.83. The lowest BCUT2D eigenvalue weighted by atomic mass is 10.2. The Morgan fingerprint density at radius 2 is 2.27 bits per heavy atom. The van der Waals surface area contributed by atoms with Gasteiger partial charge in [0.15, 0.2) is 6.29 Å². The van der Waals surface area contributed by atoms with Crippen LogP contribution in [0.3, 0.4) is 0 Å². The Morgan fingerprint density at radius 1 is 1.47 bits per heavy atom. The van der Waals surface area contributed by atoms with Gasteiger partial charge < -0.3 is 9.30 Å². The van der Waals surface area contributed by atoms with Crippen LogP contribution < -0.4 is 0 Å². The SMILES string of the molecule is O=Cc1cn(CC2CO2)c2ccccc12. The van der Waals surface area contributed by atoms with Gasteiger partial charge in [-0.2, -0.15) is 0 Å². The van der Waals surface area contributed by atoms with E-state index >= 15 is 0 Å². The molecular weight excluding hydrogens is 190 g/mol. The van der Waals surface area contributed by atoms with Crippen molar-refractivity contribution in [1.29, 1.82) is 0 Å². The molecular formula is C12H11NO2. The van der Waals surface area contributed by atoms with E-state index in [4.69, 9.17) is 4.74 Å². The molecule has 0 saturated carbocycles. The van der Waals surface area contributed by atoms with Gasteiger partial charge in [0.2, 0.25) is 0 Å². The summed E-state index contributed by atoms with van der Waals surface area (Å²) in [5.41, 5.74) is 1.86. The summed E-state index contributed by atoms with van der Waals surface area (Å²) in [6.07, 6.45) is 3.15. The summed E-state index contributed by atoms with van der Waals surface area (Å²) >= 11 is 0. The summed E-state index contributed by atoms with van der Waals surface area (Å²) < 4.78 is 7.29. The Balaban J connectivity index is 2.15. The molecule has 2 heterocycles. The van der Waals surface area contributed by atoms with Gasteiger partial charge in [0, 0.05) is 22.7 Å². The maximum absolute atomic E-state index is 10.9. The highest BCUT2D eigenvalue weighted by Crippen LogP contribution is 2.22. The molecule has 1 saturated heterocycles. The lowest BCUT2D eigenvalue weighted by Gasteiger charge is -2.00. The van der Waals surface area contributed by atoms with Gasteiger partial charge in [-0.25, -0.2) is 0 Å². The molecule has 0 radical (unpaired) electrons. The second kappa shape index (κ2) is 3.21. The zero-order valence-electron chi connectivity index (χ0n) is 8.22. The van der Waals surface area contributed by atoms with Crippen molar-refractivity contribution < 1.29 is 9.53 Å². The fourth-order valence-corrected chi connectivity index (χ4v) is 1.91. The predicted octanol–water partition coefficient (Wildman–Crippen LogP) is 1.85. The Morgan fingerprint density at radius 3 is 3.00 bits per heavy atom. The van der Waals surface area contributed by atoms with Crippen LogP contribution in [-0.2, 0) is 11.3 Å². The first-order valence-corrected chi connectivity index (χ1v) is 5.03. The molecule has 1 fully saturated rings. The summed E-state index contributed by atoms with van der Waals surface area (Å²) in [5.74, 6) is 0. The Hall–Kier alpha value is -1.61. The van der Waals surface area contributed by atoms with Crippen molar-refractivity contribution in [3.05, 3.63) is 36.0 Å². The maximum atomic E-state index is 10.9. The third-order valence-electron chi connectivity index (χ3n) is 2.75. The second-order valence-electron chi connectivity index (χ2n) is 3.83. The van der Waals surface area contributed by atoms with Crippen molar-refractivity contribution in [3.63, 3.8) is 0 Å². The van der Waals surface area contributed by atoms with Crippen LogP contribution in [0.5, 0.6) is 0 Å². The van der Waals surface area contributed by atoms with Crippen LogP contribution in [0, 0.1) is 0 Å². The van der Waals surface area contributed by atoms with Crippen molar-refractivity contribution in [1.82, 2.24) is 4.57 Å². The highest BCUT2D eigenvalue weighted by molar-refractivity contribution is 5.97. The smallest absolute Gasteiger partial charge is 0.152 e. The molecule has 3 rings (SSSR count). The molecule has 3 heteroatoms. The number of hydrogen-bond acceptors (Lipinski definition) is 2. The molecule has 0 spiro atoms. The molecule has 3 nitrogen and oxygen atoms in total. The molecule has 1 aromatic carbocycles. The van der Waals surface area contributed by atoms with E-state index in [2.05, 4.69) is 4.57 Å². The average molecular weight is 201 g/mol. The van der Waals surface area contributed by atoms with E-state index in [1.807, 2.05) is 30.5 Å². The van der Waals surface area contributed by atoms with E-state index in [1.54, 1.807) is 0 Å². The first-order valence-electron chi connectivity index (χ1n) is 5.03. The highest BCUT2D eigenvalue weighted by Gasteiger charge is 2.23. The minimum absolute atomic E-state index is 0.334. The topological polar surface area (TPSA) is 34.5 Å². The zero-order valence-corrected chi connectivity index (χ0v) is 8.22. The van der Waals surface area contributed by atoms with Crippen LogP contribution in [-0.4, -0.2) is 23.6 Å². The Kier molecular flexibility index (Phi) is 1.86. The van der Waals surface area contributed by atoms with E-state index in [1.165, 1.54) is 0 Å². The summed E-state index contributed by atoms with van der Waals surface area (Å²) in [6.45, 7) is 1.68. The number of aromatic nitrogens is 1. The zero-order chi connectivity index (χ0) is 10.3. The summed E-state index contributed by atoms with van der Waals surface area (Å²) in [4.78, 5) is 10.9. The van der Waals surface area contributed by atoms with Crippen LogP contribution in [0.4, 0.5) is 0 Å². The molecule has 1 aromatic heterocycles. The molecule has 1 aliphatic heterocycles. The fourth-order valence-electron chi connectivity index (χ4n) is 1.91. The van der Waals surface area contributed by atoms with Crippen LogP contribution in [0.1, 0.15) is 10.4 Å². The third-order valence-corrected chi connectivity index (χ3v) is 2.75. The van der Waals surface area contributed by atoms with E-state index in [-0.39, 0.29) is 0 Å². The lowest BCUT2D eigenvalue weighted by molar-refractivity contribution is 0.112. The monoisotopic (exact) mass is 201 g/mol. The van der Waals surface area contributed by atoms with Gasteiger partial charge in [-0.1, -0.05) is 18.2 Å². The van der Waals surface area contributed by atoms with Gasteiger partial charge >= 0.3 is 0 Å². The Bertz CT molecular complexity index is 511. The molecule has 0 amide bonds. The molecule has 76 valence electrons. The van der Waals surface area contributed by atoms with Crippen LogP contribution in [0.2, 0.25) is 0 Å². The molecule has 0 aliphatic carbocycles. The van der Waals surface area contributed by atoms with Gasteiger partial charge in [0.25, 0.3) is 0 Å². The van der Waals surface area contributed by atoms with Gasteiger partial charge in [-0.3, -0.25) is 4.79 Å². The van der Waals surface area contributed by atoms with Crippen molar-refractivity contribution in [2.75, 3.05) is 6.61 Å². The number of para-hydroxylation sites is 1. The van der Waals surface area contributed by atoms with Gasteiger partial charge in [-0.05, 0) is 6.07 Å². The number of fused-ring (bicyclic) bond motifs is 1. The number of carbonyl (C=O) groups excluding carboxylic acids is 1. The summed E-state index contributed by atoms with van der Waals surface area (Å²) in [6, 6.07) is 7.95. The Labute approximate surface area is 87.3 Å². The van der Waals surface area contributed by atoms with Crippen molar-refractivity contribution >= 4 is 17.2 Å². The quantitative estimate of drug-likeness (QED) is 0.561. The number of ether oxygens (including phenoxy) is 1. The first-order chi connectivity index (χ1) is 7.38. The highest BCUT2D eigenvalue weighted by atomic mass is 16.6. The molecule has 0 N–H and O–H groups in total. The number of epoxide rings is 1. The average Bonchev–Trinajstić information content (AvgIpc) is 3.01. The normalized spacial score (nSPS) is 19.3. The fraction of sp³-hybridized carbons (Fsp3) is 0.250. The molecule has 15 heavy (non-hydrogen) atoms. The van der Waals surface area contributed by atoms with E-state index < -0.39 is 0 Å². The molecule has 2 aromatic rings. The van der Waals surface area contributed by atoms with E-state index in [9.17, 15) is 4.79 Å². The van der Waals surface area contributed by atoms with Crippen molar-refractivity contribution in [2.24, 2.45) is 0 Å². The number of rotatable bonds is 3. The largest absolute Gasteiger partial charge is 0.371 e. The van der Waals surface area contributed by atoms with E-state index in [0.717, 1.165) is 35.9 Å². The van der Waals surface area contributed by atoms with Crippen LogP contribution in [0.15, 0.2) is 30.5 Å². The number of nitrogens with zero attached hydrogens (tertiary/aromatic N) is 1. The van der Waals surface area contributed by atoms with Gasteiger partial charge in [-0.15, -0.1) is 0 Å². The minimum Gasteiger partial charge on any atom is -0.371 e. The molecule has 1 atom stereocenters. The predicted molar refractivity (Wildman–Crippen MR) is 57.1 cm³/mol. The number of carbonyl (C=O) groups is 1. The van der Waals surface area contributed by atoms with E-state index in [0.29, 0.717) is 6.10 Å². The van der Waals surface area contributed by atoms with Gasteiger partial charge in [0.05, 0.1) is 19.3 Å². The first kappa shape index (κ1) is 8.68. The van der Waals surface area contributed by atoms with Crippen molar-refractivity contribution in [3.8, 4) is 0 Å². The lowest BCUT2D eigenvalue weighted by Crippen LogP contribution is -2.01. The van der Waals surface area contributed by atoms with Gasteiger partial charge in [0.1, 0.15) is 0 Å². The molecule has 0 bridgehead atoms. The van der Waals surface area contributed by atoms with Crippen LogP contribution in [0.25, 0.3) is 10.9 Å². The number of hydrogen-bond donors (Lipinski definition) is 0. The third kappa shape index (κ3) is 1.45. The number of benzene rings is 1. The molecule has 1 aliphatic rings. The maximum Gasteiger partial charge on any atom is 0.152 e. The van der Waals surface area contributed by atoms with Crippen molar-refractivity contribution in [2.45, 2.75) is 12.6 Å². The summed E-state index contributed by atoms with van der Waals surface area (Å²) in [5, 5.41) is 1.02. The van der Waals surface area contributed by atoms with Crippen LogP contribution >= 0.6 is 0 Å².